The van der Waals surface area contributed by atoms with Crippen molar-refractivity contribution < 1.29 is 24.0 Å². The lowest BCUT2D eigenvalue weighted by atomic mass is 10.2. The van der Waals surface area contributed by atoms with Gasteiger partial charge in [-0.3, -0.25) is 14.9 Å². The van der Waals surface area contributed by atoms with Gasteiger partial charge in [-0.05, 0) is 24.3 Å². The van der Waals surface area contributed by atoms with Crippen LogP contribution in [0.4, 0.5) is 5.69 Å². The van der Waals surface area contributed by atoms with E-state index in [9.17, 15) is 14.9 Å². The first kappa shape index (κ1) is 15.5. The first-order valence-electron chi connectivity index (χ1n) is 6.39. The summed E-state index contributed by atoms with van der Waals surface area (Å²) in [6.07, 6.45) is 0.0901. The van der Waals surface area contributed by atoms with Crippen LogP contribution >= 0.6 is 0 Å². The molecule has 1 unspecified atom stereocenters. The molecule has 0 aliphatic carbocycles. The van der Waals surface area contributed by atoms with E-state index in [1.54, 1.807) is 12.1 Å². The quantitative estimate of drug-likeness (QED) is 0.588. The smallest absolute Gasteiger partial charge is 0.320 e. The number of furan rings is 1. The van der Waals surface area contributed by atoms with Crippen LogP contribution in [0, 0.1) is 10.1 Å². The molecule has 8 nitrogen and oxygen atoms in total. The Kier molecular flexibility index (Phi) is 4.74. The number of carboxylic acids is 1. The molecule has 0 saturated heterocycles. The third kappa shape index (κ3) is 4.06. The number of rotatable bonds is 7. The zero-order valence-corrected chi connectivity index (χ0v) is 11.5. The molecule has 0 saturated carbocycles. The van der Waals surface area contributed by atoms with E-state index in [4.69, 9.17) is 20.0 Å². The van der Waals surface area contributed by atoms with E-state index in [1.807, 2.05) is 0 Å². The predicted octanol–water partition coefficient (Wildman–Crippen LogP) is 1.72. The highest BCUT2D eigenvalue weighted by Gasteiger charge is 2.14. The van der Waals surface area contributed by atoms with E-state index in [-0.39, 0.29) is 18.7 Å². The van der Waals surface area contributed by atoms with Crippen molar-refractivity contribution in [2.45, 2.75) is 19.1 Å². The third-order valence-electron chi connectivity index (χ3n) is 2.88. The highest BCUT2D eigenvalue weighted by Crippen LogP contribution is 2.19. The van der Waals surface area contributed by atoms with Crippen molar-refractivity contribution in [3.63, 3.8) is 0 Å². The van der Waals surface area contributed by atoms with Crippen LogP contribution in [-0.2, 0) is 17.8 Å². The minimum absolute atomic E-state index is 0.0182. The maximum Gasteiger partial charge on any atom is 0.320 e. The van der Waals surface area contributed by atoms with Crippen LogP contribution < -0.4 is 10.5 Å². The average Bonchev–Trinajstić information content (AvgIpc) is 2.93. The van der Waals surface area contributed by atoms with E-state index >= 15 is 0 Å². The van der Waals surface area contributed by atoms with Crippen molar-refractivity contribution >= 4 is 11.7 Å². The van der Waals surface area contributed by atoms with Crippen LogP contribution in [0.2, 0.25) is 0 Å². The molecule has 3 N–H and O–H groups in total. The minimum atomic E-state index is -1.10. The maximum atomic E-state index is 10.7. The SMILES string of the molecule is NC(Cc1ccc(COc2ccc([N+](=O)[O-])cc2)o1)C(=O)O. The van der Waals surface area contributed by atoms with Crippen LogP contribution in [0.5, 0.6) is 5.75 Å². The van der Waals surface area contributed by atoms with Crippen molar-refractivity contribution in [1.29, 1.82) is 0 Å². The molecule has 8 heteroatoms. The molecule has 0 amide bonds. The number of benzene rings is 1. The number of hydrogen-bond acceptors (Lipinski definition) is 6. The van der Waals surface area contributed by atoms with Gasteiger partial charge < -0.3 is 20.0 Å². The van der Waals surface area contributed by atoms with Crippen molar-refractivity contribution in [1.82, 2.24) is 0 Å². The van der Waals surface area contributed by atoms with Gasteiger partial charge in [-0.25, -0.2) is 0 Å². The molecule has 2 rings (SSSR count). The molecule has 0 fully saturated rings. The van der Waals surface area contributed by atoms with Gasteiger partial charge in [0.05, 0.1) is 4.92 Å². The van der Waals surface area contributed by atoms with Crippen molar-refractivity contribution in [3.05, 3.63) is 58.0 Å². The van der Waals surface area contributed by atoms with Crippen molar-refractivity contribution in [2.24, 2.45) is 5.73 Å². The summed E-state index contributed by atoms with van der Waals surface area (Å²) >= 11 is 0. The van der Waals surface area contributed by atoms with Crippen LogP contribution in [0.3, 0.4) is 0 Å². The molecule has 1 atom stereocenters. The van der Waals surface area contributed by atoms with E-state index in [0.29, 0.717) is 17.3 Å². The van der Waals surface area contributed by atoms with Crippen molar-refractivity contribution in [3.8, 4) is 5.75 Å². The number of carbonyl (C=O) groups is 1. The molecule has 0 aliphatic heterocycles. The Bertz CT molecular complexity index is 664. The van der Waals surface area contributed by atoms with Gasteiger partial charge in [0, 0.05) is 18.6 Å². The number of nitro benzene ring substituents is 1. The Balaban J connectivity index is 1.90. The van der Waals surface area contributed by atoms with E-state index in [0.717, 1.165) is 0 Å². The largest absolute Gasteiger partial charge is 0.486 e. The Morgan fingerprint density at radius 2 is 1.91 bits per heavy atom. The van der Waals surface area contributed by atoms with Gasteiger partial charge in [-0.2, -0.15) is 0 Å². The molecule has 0 aliphatic rings. The van der Waals surface area contributed by atoms with E-state index in [1.165, 1.54) is 24.3 Å². The molecular formula is C14H14N2O6. The molecule has 1 aromatic heterocycles. The van der Waals surface area contributed by atoms with Gasteiger partial charge in [-0.15, -0.1) is 0 Å². The Morgan fingerprint density at radius 3 is 2.50 bits per heavy atom. The van der Waals surface area contributed by atoms with Gasteiger partial charge in [0.2, 0.25) is 0 Å². The summed E-state index contributed by atoms with van der Waals surface area (Å²) in [4.78, 5) is 20.7. The Hall–Kier alpha value is -2.87. The van der Waals surface area contributed by atoms with Crippen molar-refractivity contribution in [2.75, 3.05) is 0 Å². The molecular weight excluding hydrogens is 292 g/mol. The molecule has 1 aromatic carbocycles. The number of nitrogens with two attached hydrogens (primary N) is 1. The minimum Gasteiger partial charge on any atom is -0.486 e. The lowest BCUT2D eigenvalue weighted by molar-refractivity contribution is -0.384. The zero-order chi connectivity index (χ0) is 16.1. The fourth-order valence-corrected chi connectivity index (χ4v) is 1.73. The van der Waals surface area contributed by atoms with E-state index in [2.05, 4.69) is 0 Å². The summed E-state index contributed by atoms with van der Waals surface area (Å²) < 4.78 is 10.8. The van der Waals surface area contributed by atoms with Gasteiger partial charge in [0.1, 0.15) is 29.9 Å². The normalized spacial score (nSPS) is 11.9. The summed E-state index contributed by atoms with van der Waals surface area (Å²) in [5.74, 6) is 0.328. The van der Waals surface area contributed by atoms with Crippen LogP contribution in [0.15, 0.2) is 40.8 Å². The van der Waals surface area contributed by atoms with Gasteiger partial charge in [0.15, 0.2) is 0 Å². The summed E-state index contributed by atoms with van der Waals surface area (Å²) in [5, 5.41) is 19.3. The van der Waals surface area contributed by atoms with Crippen LogP contribution in [0.1, 0.15) is 11.5 Å². The second kappa shape index (κ2) is 6.72. The standard InChI is InChI=1S/C14H14N2O6/c15-13(14(17)18)7-11-5-6-12(22-11)8-21-10-3-1-9(2-4-10)16(19)20/h1-6,13H,7-8,15H2,(H,17,18). The second-order valence-electron chi connectivity index (χ2n) is 4.56. The molecule has 0 spiro atoms. The van der Waals surface area contributed by atoms with Crippen LogP contribution in [0.25, 0.3) is 0 Å². The zero-order valence-electron chi connectivity index (χ0n) is 11.5. The number of hydrogen-bond donors (Lipinski definition) is 2. The lowest BCUT2D eigenvalue weighted by Crippen LogP contribution is -2.32. The van der Waals surface area contributed by atoms with Gasteiger partial charge >= 0.3 is 5.97 Å². The summed E-state index contributed by atoms with van der Waals surface area (Å²) in [7, 11) is 0. The third-order valence-corrected chi connectivity index (χ3v) is 2.88. The highest BCUT2D eigenvalue weighted by molar-refractivity contribution is 5.73. The average molecular weight is 306 g/mol. The summed E-state index contributed by atoms with van der Waals surface area (Å²) in [6, 6.07) is 7.94. The highest BCUT2D eigenvalue weighted by atomic mass is 16.6. The van der Waals surface area contributed by atoms with Gasteiger partial charge in [0.25, 0.3) is 5.69 Å². The molecule has 0 bridgehead atoms. The Labute approximate surface area is 125 Å². The number of ether oxygens (including phenoxy) is 1. The van der Waals surface area contributed by atoms with Crippen LogP contribution in [-0.4, -0.2) is 22.0 Å². The molecule has 2 aromatic rings. The number of nitrogens with zero attached hydrogens (tertiary/aromatic N) is 1. The topological polar surface area (TPSA) is 129 Å². The number of aliphatic carboxylic acids is 1. The number of nitro groups is 1. The number of carboxylic acid groups (broad SMARTS) is 1. The first-order chi connectivity index (χ1) is 10.5. The Morgan fingerprint density at radius 1 is 1.27 bits per heavy atom. The van der Waals surface area contributed by atoms with Gasteiger partial charge in [-0.1, -0.05) is 0 Å². The summed E-state index contributed by atoms with van der Waals surface area (Å²) in [5.41, 5.74) is 5.40. The fourth-order valence-electron chi connectivity index (χ4n) is 1.73. The molecule has 116 valence electrons. The monoisotopic (exact) mass is 306 g/mol. The first-order valence-corrected chi connectivity index (χ1v) is 6.39. The second-order valence-corrected chi connectivity index (χ2v) is 4.56. The fraction of sp³-hybridized carbons (Fsp3) is 0.214. The van der Waals surface area contributed by atoms with E-state index < -0.39 is 16.9 Å². The maximum absolute atomic E-state index is 10.7. The summed E-state index contributed by atoms with van der Waals surface area (Å²) in [6.45, 7) is 0.125. The molecule has 1 heterocycles. The molecule has 0 radical (unpaired) electrons. The molecule has 22 heavy (non-hydrogen) atoms. The lowest BCUT2D eigenvalue weighted by Gasteiger charge is -2.04. The number of non-ortho nitro benzene ring substituents is 1. The predicted molar refractivity (Wildman–Crippen MR) is 75.5 cm³/mol.